The number of carbonyl (C=O) groups is 2. The average Bonchev–Trinajstić information content (AvgIpc) is 3.38. The second-order valence-corrected chi connectivity index (χ2v) is 9.23. The van der Waals surface area contributed by atoms with E-state index >= 15 is 0 Å². The fraction of sp³-hybridized carbons (Fsp3) is 0.0690. The van der Waals surface area contributed by atoms with Crippen LogP contribution in [0.2, 0.25) is 10.0 Å². The van der Waals surface area contributed by atoms with Crippen molar-refractivity contribution in [1.29, 1.82) is 0 Å². The van der Waals surface area contributed by atoms with E-state index in [4.69, 9.17) is 27.6 Å². The van der Waals surface area contributed by atoms with Crippen molar-refractivity contribution in [3.63, 3.8) is 0 Å². The standard InChI is InChI=1S/C29H24Cl2N4O3/c1-35(2)22-13-7-19(8-14-22)17-26(33-28(36)24-5-3-4-6-25(24)31)29(37)34-32-18-23-15-16-27(38-23)20-9-11-21(30)12-10-20/h3-18H,1-2H3,(H,33,36)(H,34,37)/b26-17+,32-18+. The van der Waals surface area contributed by atoms with Crippen LogP contribution in [0.25, 0.3) is 17.4 Å². The number of hydrogen-bond acceptors (Lipinski definition) is 5. The molecule has 38 heavy (non-hydrogen) atoms. The summed E-state index contributed by atoms with van der Waals surface area (Å²) in [6.07, 6.45) is 2.93. The summed E-state index contributed by atoms with van der Waals surface area (Å²) in [5, 5.41) is 7.54. The zero-order valence-electron chi connectivity index (χ0n) is 20.6. The quantitative estimate of drug-likeness (QED) is 0.155. The Balaban J connectivity index is 1.52. The van der Waals surface area contributed by atoms with Gasteiger partial charge in [-0.05, 0) is 72.3 Å². The molecule has 0 atom stereocenters. The molecule has 0 unspecified atom stereocenters. The number of amides is 2. The molecule has 2 N–H and O–H groups in total. The van der Waals surface area contributed by atoms with Gasteiger partial charge in [-0.25, -0.2) is 5.43 Å². The van der Waals surface area contributed by atoms with Crippen LogP contribution in [-0.4, -0.2) is 32.1 Å². The average molecular weight is 547 g/mol. The van der Waals surface area contributed by atoms with E-state index in [1.54, 1.807) is 54.6 Å². The molecular formula is C29H24Cl2N4O3. The molecule has 3 aromatic carbocycles. The number of furan rings is 1. The molecule has 0 saturated carbocycles. The van der Waals surface area contributed by atoms with Crippen molar-refractivity contribution < 1.29 is 14.0 Å². The molecule has 1 heterocycles. The van der Waals surface area contributed by atoms with Gasteiger partial charge in [-0.1, -0.05) is 47.5 Å². The second-order valence-electron chi connectivity index (χ2n) is 8.39. The van der Waals surface area contributed by atoms with Crippen LogP contribution in [0.5, 0.6) is 0 Å². The third-order valence-electron chi connectivity index (χ3n) is 5.45. The third kappa shape index (κ3) is 6.91. The van der Waals surface area contributed by atoms with E-state index in [1.165, 1.54) is 6.21 Å². The Morgan fingerprint density at radius 1 is 0.895 bits per heavy atom. The monoisotopic (exact) mass is 546 g/mol. The number of hydrazone groups is 1. The van der Waals surface area contributed by atoms with E-state index in [0.717, 1.165) is 11.3 Å². The molecule has 0 radical (unpaired) electrons. The first-order chi connectivity index (χ1) is 18.3. The lowest BCUT2D eigenvalue weighted by molar-refractivity contribution is -0.117. The maximum absolute atomic E-state index is 13.0. The van der Waals surface area contributed by atoms with Gasteiger partial charge in [-0.3, -0.25) is 9.59 Å². The summed E-state index contributed by atoms with van der Waals surface area (Å²) in [5.41, 5.74) is 5.23. The fourth-order valence-electron chi connectivity index (χ4n) is 3.44. The van der Waals surface area contributed by atoms with Crippen LogP contribution in [0.1, 0.15) is 21.7 Å². The molecule has 0 aliphatic carbocycles. The molecule has 0 bridgehead atoms. The van der Waals surface area contributed by atoms with Crippen molar-refractivity contribution in [3.05, 3.63) is 118 Å². The van der Waals surface area contributed by atoms with Gasteiger partial charge in [0.15, 0.2) is 0 Å². The van der Waals surface area contributed by atoms with Crippen LogP contribution in [0.4, 0.5) is 5.69 Å². The van der Waals surface area contributed by atoms with Gasteiger partial charge in [0, 0.05) is 30.4 Å². The number of nitrogens with one attached hydrogen (secondary N) is 2. The molecule has 1 aromatic heterocycles. The van der Waals surface area contributed by atoms with Crippen molar-refractivity contribution in [2.24, 2.45) is 5.10 Å². The molecular weight excluding hydrogens is 523 g/mol. The lowest BCUT2D eigenvalue weighted by atomic mass is 10.1. The van der Waals surface area contributed by atoms with Crippen molar-refractivity contribution in [2.45, 2.75) is 0 Å². The minimum Gasteiger partial charge on any atom is -0.455 e. The van der Waals surface area contributed by atoms with Gasteiger partial charge < -0.3 is 14.6 Å². The first kappa shape index (κ1) is 26.7. The van der Waals surface area contributed by atoms with E-state index in [1.807, 2.05) is 55.4 Å². The molecule has 0 saturated heterocycles. The zero-order chi connectivity index (χ0) is 27.1. The topological polar surface area (TPSA) is 86.9 Å². The molecule has 0 aliphatic rings. The van der Waals surface area contributed by atoms with Crippen molar-refractivity contribution in [2.75, 3.05) is 19.0 Å². The molecule has 4 rings (SSSR count). The number of benzene rings is 3. The van der Waals surface area contributed by atoms with Crippen molar-refractivity contribution >= 4 is 53.0 Å². The minimum atomic E-state index is -0.622. The molecule has 0 fully saturated rings. The number of rotatable bonds is 8. The molecule has 2 amide bonds. The highest BCUT2D eigenvalue weighted by Gasteiger charge is 2.16. The van der Waals surface area contributed by atoms with Crippen LogP contribution < -0.4 is 15.6 Å². The number of anilines is 1. The SMILES string of the molecule is CN(C)c1ccc(/C=C(/NC(=O)c2ccccc2Cl)C(=O)N/N=C/c2ccc(-c3ccc(Cl)cc3)o2)cc1. The van der Waals surface area contributed by atoms with E-state index in [-0.39, 0.29) is 16.3 Å². The van der Waals surface area contributed by atoms with E-state index < -0.39 is 11.8 Å². The van der Waals surface area contributed by atoms with Crippen molar-refractivity contribution in [3.8, 4) is 11.3 Å². The summed E-state index contributed by atoms with van der Waals surface area (Å²) >= 11 is 12.1. The van der Waals surface area contributed by atoms with Gasteiger partial charge in [-0.2, -0.15) is 5.10 Å². The van der Waals surface area contributed by atoms with Crippen LogP contribution >= 0.6 is 23.2 Å². The summed E-state index contributed by atoms with van der Waals surface area (Å²) in [5.74, 6) is -0.0873. The molecule has 7 nitrogen and oxygen atoms in total. The van der Waals surface area contributed by atoms with Gasteiger partial charge in [0.2, 0.25) is 0 Å². The van der Waals surface area contributed by atoms with E-state index in [0.29, 0.717) is 22.1 Å². The van der Waals surface area contributed by atoms with Gasteiger partial charge in [0.25, 0.3) is 11.8 Å². The maximum atomic E-state index is 13.0. The number of halogens is 2. The fourth-order valence-corrected chi connectivity index (χ4v) is 3.78. The van der Waals surface area contributed by atoms with Gasteiger partial charge in [0.05, 0.1) is 16.8 Å². The predicted octanol–water partition coefficient (Wildman–Crippen LogP) is 6.24. The Morgan fingerprint density at radius 3 is 2.29 bits per heavy atom. The lowest BCUT2D eigenvalue weighted by Crippen LogP contribution is -2.33. The Bertz CT molecular complexity index is 1490. The van der Waals surface area contributed by atoms with Gasteiger partial charge in [-0.15, -0.1) is 0 Å². The highest BCUT2D eigenvalue weighted by Crippen LogP contribution is 2.23. The third-order valence-corrected chi connectivity index (χ3v) is 6.03. The molecule has 0 spiro atoms. The molecule has 9 heteroatoms. The molecule has 192 valence electrons. The largest absolute Gasteiger partial charge is 0.455 e. The normalized spacial score (nSPS) is 11.4. The first-order valence-electron chi connectivity index (χ1n) is 11.5. The van der Waals surface area contributed by atoms with Gasteiger partial charge >= 0.3 is 0 Å². The Morgan fingerprint density at radius 2 is 1.61 bits per heavy atom. The molecule has 4 aromatic rings. The highest BCUT2D eigenvalue weighted by molar-refractivity contribution is 6.34. The maximum Gasteiger partial charge on any atom is 0.287 e. The first-order valence-corrected chi connectivity index (χ1v) is 12.3. The Kier molecular flexibility index (Phi) is 8.63. The smallest absolute Gasteiger partial charge is 0.287 e. The van der Waals surface area contributed by atoms with Crippen LogP contribution in [0.3, 0.4) is 0 Å². The van der Waals surface area contributed by atoms with Gasteiger partial charge in [0.1, 0.15) is 17.2 Å². The van der Waals surface area contributed by atoms with Crippen molar-refractivity contribution in [1.82, 2.24) is 10.7 Å². The highest BCUT2D eigenvalue weighted by atomic mass is 35.5. The number of hydrogen-bond donors (Lipinski definition) is 2. The van der Waals surface area contributed by atoms with Crippen LogP contribution in [0, 0.1) is 0 Å². The van der Waals surface area contributed by atoms with Crippen LogP contribution in [-0.2, 0) is 4.79 Å². The number of carbonyl (C=O) groups excluding carboxylic acids is 2. The summed E-state index contributed by atoms with van der Waals surface area (Å²) in [6, 6.07) is 24.8. The zero-order valence-corrected chi connectivity index (χ0v) is 22.1. The number of nitrogens with zero attached hydrogens (tertiary/aromatic N) is 2. The Labute approximate surface area is 230 Å². The van der Waals surface area contributed by atoms with Crippen LogP contribution in [0.15, 0.2) is 100 Å². The van der Waals surface area contributed by atoms with E-state index in [9.17, 15) is 9.59 Å². The summed E-state index contributed by atoms with van der Waals surface area (Å²) < 4.78 is 5.77. The lowest BCUT2D eigenvalue weighted by Gasteiger charge is -2.13. The predicted molar refractivity (Wildman–Crippen MR) is 153 cm³/mol. The Hall–Kier alpha value is -4.33. The summed E-state index contributed by atoms with van der Waals surface area (Å²) in [4.78, 5) is 27.9. The molecule has 0 aliphatic heterocycles. The summed E-state index contributed by atoms with van der Waals surface area (Å²) in [7, 11) is 3.87. The second kappa shape index (κ2) is 12.3. The van der Waals surface area contributed by atoms with E-state index in [2.05, 4.69) is 15.8 Å². The summed E-state index contributed by atoms with van der Waals surface area (Å²) in [6.45, 7) is 0. The minimum absolute atomic E-state index is 0.00836.